The molecule has 3 nitrogen and oxygen atoms in total. The van der Waals surface area contributed by atoms with Crippen molar-refractivity contribution in [1.29, 1.82) is 0 Å². The van der Waals surface area contributed by atoms with Gasteiger partial charge in [0.2, 0.25) is 0 Å². The van der Waals surface area contributed by atoms with Gasteiger partial charge >= 0.3 is 6.18 Å². The first-order chi connectivity index (χ1) is 6.86. The van der Waals surface area contributed by atoms with Crippen molar-refractivity contribution in [2.45, 2.75) is 6.18 Å². The van der Waals surface area contributed by atoms with Crippen molar-refractivity contribution >= 4 is 21.6 Å². The molecular formula is C7H2BrF4N3. The molecule has 15 heavy (non-hydrogen) atoms. The molecule has 0 spiro atoms. The van der Waals surface area contributed by atoms with Gasteiger partial charge in [-0.3, -0.25) is 0 Å². The van der Waals surface area contributed by atoms with E-state index < -0.39 is 23.2 Å². The molecule has 0 saturated heterocycles. The van der Waals surface area contributed by atoms with Crippen molar-refractivity contribution in [1.82, 2.24) is 0 Å². The van der Waals surface area contributed by atoms with Crippen molar-refractivity contribution in [2.24, 2.45) is 5.11 Å². The van der Waals surface area contributed by atoms with Crippen LogP contribution in [-0.4, -0.2) is 0 Å². The van der Waals surface area contributed by atoms with Crippen molar-refractivity contribution in [3.63, 3.8) is 0 Å². The fourth-order valence-electron chi connectivity index (χ4n) is 0.928. The minimum atomic E-state index is -4.77. The van der Waals surface area contributed by atoms with Crippen LogP contribution in [-0.2, 0) is 6.18 Å². The molecule has 8 heteroatoms. The SMILES string of the molecule is [N-]=[N+]=Nc1c(Br)cc(F)cc1C(F)(F)F. The van der Waals surface area contributed by atoms with Gasteiger partial charge in [0.1, 0.15) is 5.82 Å². The first kappa shape index (κ1) is 11.8. The molecule has 0 unspecified atom stereocenters. The molecular weight excluding hydrogens is 282 g/mol. The molecule has 0 amide bonds. The second-order valence-electron chi connectivity index (χ2n) is 2.47. The number of benzene rings is 1. The summed E-state index contributed by atoms with van der Waals surface area (Å²) in [6.45, 7) is 0. The predicted octanol–water partition coefficient (Wildman–Crippen LogP) is 4.55. The third kappa shape index (κ3) is 2.60. The van der Waals surface area contributed by atoms with Crippen LogP contribution in [0.1, 0.15) is 5.56 Å². The maximum atomic E-state index is 12.7. The van der Waals surface area contributed by atoms with E-state index >= 15 is 0 Å². The Balaban J connectivity index is 3.54. The van der Waals surface area contributed by atoms with Gasteiger partial charge in [-0.2, -0.15) is 13.2 Å². The Morgan fingerprint density at radius 1 is 1.33 bits per heavy atom. The van der Waals surface area contributed by atoms with Crippen molar-refractivity contribution in [3.8, 4) is 0 Å². The van der Waals surface area contributed by atoms with Crippen molar-refractivity contribution < 1.29 is 17.6 Å². The van der Waals surface area contributed by atoms with Crippen LogP contribution in [0, 0.1) is 5.82 Å². The number of hydrogen-bond acceptors (Lipinski definition) is 1. The van der Waals surface area contributed by atoms with Crippen LogP contribution in [0.3, 0.4) is 0 Å². The zero-order chi connectivity index (χ0) is 11.6. The van der Waals surface area contributed by atoms with Gasteiger partial charge < -0.3 is 0 Å². The lowest BCUT2D eigenvalue weighted by atomic mass is 10.1. The third-order valence-corrected chi connectivity index (χ3v) is 2.08. The number of rotatable bonds is 1. The fraction of sp³-hybridized carbons (Fsp3) is 0.143. The van der Waals surface area contributed by atoms with Gasteiger partial charge in [0.15, 0.2) is 0 Å². The summed E-state index contributed by atoms with van der Waals surface area (Å²) in [5.74, 6) is -1.06. The van der Waals surface area contributed by atoms with Crippen LogP contribution >= 0.6 is 15.9 Å². The summed E-state index contributed by atoms with van der Waals surface area (Å²) in [4.78, 5) is 2.24. The van der Waals surface area contributed by atoms with Gasteiger partial charge in [-0.05, 0) is 17.7 Å². The van der Waals surface area contributed by atoms with Gasteiger partial charge in [-0.15, -0.1) is 0 Å². The van der Waals surface area contributed by atoms with Crippen molar-refractivity contribution in [2.75, 3.05) is 0 Å². The van der Waals surface area contributed by atoms with E-state index in [2.05, 4.69) is 26.0 Å². The highest BCUT2D eigenvalue weighted by Crippen LogP contribution is 2.41. The number of nitrogens with zero attached hydrogens (tertiary/aromatic N) is 3. The van der Waals surface area contributed by atoms with E-state index in [0.29, 0.717) is 0 Å². The molecule has 0 aliphatic rings. The lowest BCUT2D eigenvalue weighted by Crippen LogP contribution is -2.06. The number of halogens is 5. The van der Waals surface area contributed by atoms with Crippen LogP contribution in [0.4, 0.5) is 23.2 Å². The van der Waals surface area contributed by atoms with E-state index in [0.717, 1.165) is 6.07 Å². The van der Waals surface area contributed by atoms with Crippen LogP contribution < -0.4 is 0 Å². The van der Waals surface area contributed by atoms with Gasteiger partial charge in [-0.1, -0.05) is 21.0 Å². The first-order valence-corrected chi connectivity index (χ1v) is 4.27. The smallest absolute Gasteiger partial charge is 0.207 e. The molecule has 1 aromatic carbocycles. The van der Waals surface area contributed by atoms with E-state index in [-0.39, 0.29) is 10.5 Å². The molecule has 1 aromatic rings. The van der Waals surface area contributed by atoms with E-state index in [1.54, 1.807) is 0 Å². The molecule has 0 aliphatic heterocycles. The summed E-state index contributed by atoms with van der Waals surface area (Å²) in [7, 11) is 0. The summed E-state index contributed by atoms with van der Waals surface area (Å²) in [6, 6.07) is 1.06. The Morgan fingerprint density at radius 3 is 2.40 bits per heavy atom. The van der Waals surface area contributed by atoms with E-state index in [1.165, 1.54) is 0 Å². The summed E-state index contributed by atoms with van der Waals surface area (Å²) >= 11 is 2.69. The summed E-state index contributed by atoms with van der Waals surface area (Å²) in [5, 5.41) is 2.86. The Hall–Kier alpha value is -1.27. The van der Waals surface area contributed by atoms with Gasteiger partial charge in [0.05, 0.1) is 11.3 Å². The van der Waals surface area contributed by atoms with E-state index in [9.17, 15) is 17.6 Å². The minimum Gasteiger partial charge on any atom is -0.207 e. The van der Waals surface area contributed by atoms with Crippen LogP contribution in [0.2, 0.25) is 0 Å². The predicted molar refractivity (Wildman–Crippen MR) is 47.9 cm³/mol. The lowest BCUT2D eigenvalue weighted by molar-refractivity contribution is -0.137. The fourth-order valence-corrected chi connectivity index (χ4v) is 1.44. The van der Waals surface area contributed by atoms with Crippen LogP contribution in [0.25, 0.3) is 10.4 Å². The molecule has 0 saturated carbocycles. The molecule has 1 rings (SSSR count). The van der Waals surface area contributed by atoms with E-state index in [1.807, 2.05) is 0 Å². The molecule has 0 bridgehead atoms. The lowest BCUT2D eigenvalue weighted by Gasteiger charge is -2.10. The Bertz CT molecular complexity index is 437. The maximum absolute atomic E-state index is 12.7. The zero-order valence-electron chi connectivity index (χ0n) is 6.89. The van der Waals surface area contributed by atoms with Crippen LogP contribution in [0.5, 0.6) is 0 Å². The van der Waals surface area contributed by atoms with Gasteiger partial charge in [0.25, 0.3) is 0 Å². The Morgan fingerprint density at radius 2 is 1.93 bits per heavy atom. The van der Waals surface area contributed by atoms with Crippen LogP contribution in [0.15, 0.2) is 21.7 Å². The second kappa shape index (κ2) is 4.08. The molecule has 80 valence electrons. The minimum absolute atomic E-state index is 0.243. The number of alkyl halides is 3. The Kier molecular flexibility index (Phi) is 3.21. The highest BCUT2D eigenvalue weighted by atomic mass is 79.9. The summed E-state index contributed by atoms with van der Waals surface area (Å²) < 4.78 is 49.6. The quantitative estimate of drug-likeness (QED) is 0.314. The first-order valence-electron chi connectivity index (χ1n) is 3.47. The molecule has 0 fully saturated rings. The highest BCUT2D eigenvalue weighted by molar-refractivity contribution is 9.10. The largest absolute Gasteiger partial charge is 0.417 e. The number of azide groups is 1. The maximum Gasteiger partial charge on any atom is 0.417 e. The van der Waals surface area contributed by atoms with Crippen molar-refractivity contribution in [3.05, 3.63) is 38.4 Å². The normalized spacial score (nSPS) is 11.0. The molecule has 0 aromatic heterocycles. The zero-order valence-corrected chi connectivity index (χ0v) is 8.47. The molecule has 0 radical (unpaired) electrons. The molecule has 0 N–H and O–H groups in total. The second-order valence-corrected chi connectivity index (χ2v) is 3.33. The van der Waals surface area contributed by atoms with Gasteiger partial charge in [0, 0.05) is 9.38 Å². The average molecular weight is 284 g/mol. The molecule has 0 aliphatic carbocycles. The van der Waals surface area contributed by atoms with Gasteiger partial charge in [-0.25, -0.2) is 4.39 Å². The monoisotopic (exact) mass is 283 g/mol. The molecule has 0 heterocycles. The third-order valence-electron chi connectivity index (χ3n) is 1.48. The highest BCUT2D eigenvalue weighted by Gasteiger charge is 2.34. The molecule has 0 atom stereocenters. The van der Waals surface area contributed by atoms with E-state index in [4.69, 9.17) is 5.53 Å². The standard InChI is InChI=1S/C7H2BrF4N3/c8-5-2-3(9)1-4(7(10,11)12)6(5)14-15-13/h1-2H. The average Bonchev–Trinajstić information content (AvgIpc) is 2.07. The summed E-state index contributed by atoms with van der Waals surface area (Å²) in [6.07, 6.45) is -4.77. The topological polar surface area (TPSA) is 48.8 Å². The number of hydrogen-bond donors (Lipinski definition) is 0. The Labute approximate surface area is 89.5 Å². The summed E-state index contributed by atoms with van der Waals surface area (Å²) in [5.41, 5.74) is 6.09.